The molecule has 2 N–H and O–H groups in total. The molecule has 2 aromatic rings. The van der Waals surface area contributed by atoms with E-state index in [1.165, 1.54) is 6.26 Å². The zero-order chi connectivity index (χ0) is 18.2. The summed E-state index contributed by atoms with van der Waals surface area (Å²) in [4.78, 5) is 24.9. The zero-order valence-corrected chi connectivity index (χ0v) is 14.6. The summed E-state index contributed by atoms with van der Waals surface area (Å²) in [5.74, 6) is -1.05. The first-order valence-electron chi connectivity index (χ1n) is 8.07. The van der Waals surface area contributed by atoms with Gasteiger partial charge in [-0.1, -0.05) is 35.4 Å². The van der Waals surface area contributed by atoms with E-state index in [1.54, 1.807) is 31.2 Å². The second kappa shape index (κ2) is 8.68. The van der Waals surface area contributed by atoms with Crippen LogP contribution in [0.15, 0.2) is 60.4 Å². The Hall–Kier alpha value is -3.08. The molecular weight excluding hydrogens is 316 g/mol. The van der Waals surface area contributed by atoms with E-state index in [0.29, 0.717) is 18.0 Å². The standard InChI is InChI=1S/C20H22N2O3/c1-4-25-13-18(19(23)21-16-9-5-14(2)6-10-16)20(24)22-17-11-7-15(3)8-12-17/h5-13H,4H2,1-3H3,(H,21,23)(H,22,24). The topological polar surface area (TPSA) is 67.4 Å². The van der Waals surface area contributed by atoms with Crippen molar-refractivity contribution < 1.29 is 14.3 Å². The molecule has 2 aromatic carbocycles. The highest BCUT2D eigenvalue weighted by molar-refractivity contribution is 6.26. The Kier molecular flexibility index (Phi) is 6.34. The zero-order valence-electron chi connectivity index (χ0n) is 14.6. The van der Waals surface area contributed by atoms with Crippen LogP contribution < -0.4 is 10.6 Å². The van der Waals surface area contributed by atoms with Crippen molar-refractivity contribution in [1.82, 2.24) is 0 Å². The lowest BCUT2D eigenvalue weighted by Gasteiger charge is -2.10. The van der Waals surface area contributed by atoms with Crippen LogP contribution in [0.3, 0.4) is 0 Å². The van der Waals surface area contributed by atoms with E-state index in [1.807, 2.05) is 38.1 Å². The molecule has 0 atom stereocenters. The lowest BCUT2D eigenvalue weighted by atomic mass is 10.2. The number of carbonyl (C=O) groups is 2. The molecule has 5 nitrogen and oxygen atoms in total. The number of benzene rings is 2. The normalized spacial score (nSPS) is 9.88. The van der Waals surface area contributed by atoms with Crippen molar-refractivity contribution in [2.45, 2.75) is 20.8 Å². The van der Waals surface area contributed by atoms with Crippen LogP contribution in [0.4, 0.5) is 11.4 Å². The summed E-state index contributed by atoms with van der Waals surface area (Å²) >= 11 is 0. The van der Waals surface area contributed by atoms with Gasteiger partial charge in [0.15, 0.2) is 0 Å². The summed E-state index contributed by atoms with van der Waals surface area (Å²) in [5, 5.41) is 5.41. The van der Waals surface area contributed by atoms with Crippen LogP contribution in [0.1, 0.15) is 18.1 Å². The summed E-state index contributed by atoms with van der Waals surface area (Å²) < 4.78 is 5.17. The van der Waals surface area contributed by atoms with Crippen LogP contribution in [0.2, 0.25) is 0 Å². The minimum Gasteiger partial charge on any atom is -0.500 e. The van der Waals surface area contributed by atoms with Crippen LogP contribution in [0.25, 0.3) is 0 Å². The monoisotopic (exact) mass is 338 g/mol. The van der Waals surface area contributed by atoms with Crippen LogP contribution in [-0.2, 0) is 14.3 Å². The molecule has 0 aliphatic rings. The average molecular weight is 338 g/mol. The molecule has 0 radical (unpaired) electrons. The molecule has 0 heterocycles. The van der Waals surface area contributed by atoms with Gasteiger partial charge in [0.05, 0.1) is 6.61 Å². The minimum atomic E-state index is -0.526. The average Bonchev–Trinajstić information content (AvgIpc) is 2.59. The highest BCUT2D eigenvalue weighted by atomic mass is 16.5. The van der Waals surface area contributed by atoms with E-state index in [4.69, 9.17) is 4.74 Å². The van der Waals surface area contributed by atoms with Crippen molar-refractivity contribution in [3.05, 3.63) is 71.5 Å². The van der Waals surface area contributed by atoms with Gasteiger partial charge in [-0.3, -0.25) is 9.59 Å². The van der Waals surface area contributed by atoms with Crippen LogP contribution >= 0.6 is 0 Å². The molecule has 0 spiro atoms. The number of nitrogens with one attached hydrogen (secondary N) is 2. The Labute approximate surface area is 147 Å². The molecule has 0 aliphatic heterocycles. The van der Waals surface area contributed by atoms with Gasteiger partial charge in [-0.15, -0.1) is 0 Å². The number of anilines is 2. The Balaban J connectivity index is 2.13. The predicted octanol–water partition coefficient (Wildman–Crippen LogP) is 3.80. The van der Waals surface area contributed by atoms with Crippen molar-refractivity contribution in [3.8, 4) is 0 Å². The maximum absolute atomic E-state index is 12.5. The van der Waals surface area contributed by atoms with Crippen molar-refractivity contribution in [2.24, 2.45) is 0 Å². The fourth-order valence-electron chi connectivity index (χ4n) is 2.05. The first kappa shape index (κ1) is 18.3. The van der Waals surface area contributed by atoms with Gasteiger partial charge in [0.25, 0.3) is 11.8 Å². The summed E-state index contributed by atoms with van der Waals surface area (Å²) in [6, 6.07) is 14.7. The maximum atomic E-state index is 12.5. The quantitative estimate of drug-likeness (QED) is 0.364. The smallest absolute Gasteiger partial charge is 0.264 e. The van der Waals surface area contributed by atoms with Gasteiger partial charge >= 0.3 is 0 Å². The number of aryl methyl sites for hydroxylation is 2. The van der Waals surface area contributed by atoms with Gasteiger partial charge in [-0.05, 0) is 45.0 Å². The number of hydrogen-bond acceptors (Lipinski definition) is 3. The molecule has 0 aromatic heterocycles. The molecule has 25 heavy (non-hydrogen) atoms. The first-order valence-corrected chi connectivity index (χ1v) is 8.07. The molecule has 130 valence electrons. The predicted molar refractivity (Wildman–Crippen MR) is 99.3 cm³/mol. The molecule has 0 saturated carbocycles. The molecule has 0 aliphatic carbocycles. The molecule has 0 saturated heterocycles. The van der Waals surface area contributed by atoms with E-state index in [0.717, 1.165) is 11.1 Å². The lowest BCUT2D eigenvalue weighted by molar-refractivity contribution is -0.118. The van der Waals surface area contributed by atoms with Gasteiger partial charge < -0.3 is 15.4 Å². The van der Waals surface area contributed by atoms with Gasteiger partial charge in [-0.25, -0.2) is 0 Å². The van der Waals surface area contributed by atoms with Gasteiger partial charge in [0, 0.05) is 11.4 Å². The van der Waals surface area contributed by atoms with E-state index >= 15 is 0 Å². The first-order chi connectivity index (χ1) is 12.0. The van der Waals surface area contributed by atoms with E-state index in [9.17, 15) is 9.59 Å². The number of amides is 2. The molecule has 2 amide bonds. The molecule has 0 fully saturated rings. The number of rotatable bonds is 6. The van der Waals surface area contributed by atoms with Crippen molar-refractivity contribution in [1.29, 1.82) is 0 Å². The Bertz CT molecular complexity index is 701. The third-order valence-electron chi connectivity index (χ3n) is 3.48. The fraction of sp³-hybridized carbons (Fsp3) is 0.200. The molecular formula is C20H22N2O3. The van der Waals surface area contributed by atoms with Crippen LogP contribution in [0, 0.1) is 13.8 Å². The Morgan fingerprint density at radius 3 is 1.60 bits per heavy atom. The molecule has 0 bridgehead atoms. The van der Waals surface area contributed by atoms with Crippen LogP contribution in [0.5, 0.6) is 0 Å². The van der Waals surface area contributed by atoms with Gasteiger partial charge in [0.2, 0.25) is 0 Å². The summed E-state index contributed by atoms with van der Waals surface area (Å²) in [5.41, 5.74) is 3.30. The lowest BCUT2D eigenvalue weighted by Crippen LogP contribution is -2.25. The summed E-state index contributed by atoms with van der Waals surface area (Å²) in [6.45, 7) is 6.06. The summed E-state index contributed by atoms with van der Waals surface area (Å²) in [6.07, 6.45) is 1.19. The van der Waals surface area contributed by atoms with Crippen molar-refractivity contribution >= 4 is 23.2 Å². The van der Waals surface area contributed by atoms with E-state index < -0.39 is 11.8 Å². The van der Waals surface area contributed by atoms with Gasteiger partial charge in [0.1, 0.15) is 11.8 Å². The maximum Gasteiger partial charge on any atom is 0.264 e. The third kappa shape index (κ3) is 5.49. The SMILES string of the molecule is CCOC=C(C(=O)Nc1ccc(C)cc1)C(=O)Nc1ccc(C)cc1. The molecule has 0 unspecified atom stereocenters. The molecule has 5 heteroatoms. The number of carbonyl (C=O) groups excluding carboxylic acids is 2. The van der Waals surface area contributed by atoms with E-state index in [2.05, 4.69) is 10.6 Å². The van der Waals surface area contributed by atoms with E-state index in [-0.39, 0.29) is 5.57 Å². The fourth-order valence-corrected chi connectivity index (χ4v) is 2.05. The second-order valence-corrected chi connectivity index (χ2v) is 5.63. The van der Waals surface area contributed by atoms with Crippen molar-refractivity contribution in [2.75, 3.05) is 17.2 Å². The van der Waals surface area contributed by atoms with Crippen LogP contribution in [-0.4, -0.2) is 18.4 Å². The highest BCUT2D eigenvalue weighted by Gasteiger charge is 2.19. The highest BCUT2D eigenvalue weighted by Crippen LogP contribution is 2.13. The summed E-state index contributed by atoms with van der Waals surface area (Å²) in [7, 11) is 0. The number of ether oxygens (including phenoxy) is 1. The minimum absolute atomic E-state index is 0.0944. The largest absolute Gasteiger partial charge is 0.500 e. The second-order valence-electron chi connectivity index (χ2n) is 5.63. The van der Waals surface area contributed by atoms with Gasteiger partial charge in [-0.2, -0.15) is 0 Å². The number of hydrogen-bond donors (Lipinski definition) is 2. The Morgan fingerprint density at radius 2 is 1.24 bits per heavy atom. The van der Waals surface area contributed by atoms with Crippen molar-refractivity contribution in [3.63, 3.8) is 0 Å². The molecule has 2 rings (SSSR count). The Morgan fingerprint density at radius 1 is 0.840 bits per heavy atom. The third-order valence-corrected chi connectivity index (χ3v) is 3.48.